The van der Waals surface area contributed by atoms with Crippen LogP contribution in [0.5, 0.6) is 0 Å². The van der Waals surface area contributed by atoms with Crippen molar-refractivity contribution in [3.05, 3.63) is 71.6 Å². The normalized spacial score (nSPS) is 13.7. The molecule has 0 aliphatic rings. The van der Waals surface area contributed by atoms with Gasteiger partial charge < -0.3 is 4.52 Å². The van der Waals surface area contributed by atoms with Crippen molar-refractivity contribution in [2.45, 2.75) is 65.5 Å². The molecule has 0 saturated carbocycles. The van der Waals surface area contributed by atoms with Gasteiger partial charge in [0.2, 0.25) is 11.7 Å². The summed E-state index contributed by atoms with van der Waals surface area (Å²) in [5.74, 6) is 1.20. The zero-order valence-electron chi connectivity index (χ0n) is 20.5. The van der Waals surface area contributed by atoms with Crippen LogP contribution in [-0.4, -0.2) is 15.9 Å². The van der Waals surface area contributed by atoms with Crippen molar-refractivity contribution in [2.75, 3.05) is 0 Å². The predicted octanol–water partition coefficient (Wildman–Crippen LogP) is 7.58. The predicted molar refractivity (Wildman–Crippen MR) is 130 cm³/mol. The van der Waals surface area contributed by atoms with Gasteiger partial charge in [0.25, 0.3) is 0 Å². The minimum absolute atomic E-state index is 0.0308. The van der Waals surface area contributed by atoms with Gasteiger partial charge in [-0.25, -0.2) is 0 Å². The van der Waals surface area contributed by atoms with E-state index in [1.807, 2.05) is 30.3 Å². The fraction of sp³-hybridized carbons (Fsp3) is 0.464. The van der Waals surface area contributed by atoms with E-state index in [0.717, 1.165) is 42.5 Å². The first-order chi connectivity index (χ1) is 16.7. The molecule has 2 aromatic carbocycles. The molecule has 0 aliphatic carbocycles. The largest absolute Gasteiger partial charge is 0.416 e. The van der Waals surface area contributed by atoms with Crippen LogP contribution in [0.25, 0.3) is 11.4 Å². The van der Waals surface area contributed by atoms with Gasteiger partial charge in [-0.1, -0.05) is 81.2 Å². The number of carbonyl (C=O) groups excluding carboxylic acids is 1. The lowest BCUT2D eigenvalue weighted by molar-refractivity contribution is -0.137. The number of nitrogens with zero attached hydrogens (tertiary/aromatic N) is 2. The van der Waals surface area contributed by atoms with E-state index in [1.165, 1.54) is 12.1 Å². The Balaban J connectivity index is 1.68. The number of benzene rings is 2. The number of ketones is 1. The van der Waals surface area contributed by atoms with Gasteiger partial charge in [0.15, 0.2) is 0 Å². The van der Waals surface area contributed by atoms with Crippen LogP contribution >= 0.6 is 0 Å². The minimum atomic E-state index is -4.37. The maximum Gasteiger partial charge on any atom is 0.416 e. The SMILES string of the molecule is CCCCC(Cc1ccc(C(F)(F)F)cc1)C(=O)CC(Cc1nc(-c2ccccc2)no1)C(C)C. The van der Waals surface area contributed by atoms with Gasteiger partial charge in [0.05, 0.1) is 5.56 Å². The highest BCUT2D eigenvalue weighted by atomic mass is 19.4. The summed E-state index contributed by atoms with van der Waals surface area (Å²) >= 11 is 0. The van der Waals surface area contributed by atoms with Crippen molar-refractivity contribution in [1.29, 1.82) is 0 Å². The second kappa shape index (κ2) is 12.1. The number of hydrogen-bond acceptors (Lipinski definition) is 4. The van der Waals surface area contributed by atoms with Crippen LogP contribution in [0.3, 0.4) is 0 Å². The van der Waals surface area contributed by atoms with Crippen molar-refractivity contribution >= 4 is 5.78 Å². The molecule has 2 unspecified atom stereocenters. The Bertz CT molecular complexity index is 1060. The molecule has 0 aliphatic heterocycles. The van der Waals surface area contributed by atoms with Gasteiger partial charge in [-0.3, -0.25) is 4.79 Å². The molecule has 1 heterocycles. The molecule has 0 N–H and O–H groups in total. The Hall–Kier alpha value is -2.96. The molecule has 0 spiro atoms. The van der Waals surface area contributed by atoms with E-state index >= 15 is 0 Å². The Morgan fingerprint density at radius 3 is 2.29 bits per heavy atom. The number of alkyl halides is 3. The van der Waals surface area contributed by atoms with Gasteiger partial charge >= 0.3 is 6.18 Å². The van der Waals surface area contributed by atoms with Crippen LogP contribution in [0.1, 0.15) is 63.5 Å². The lowest BCUT2D eigenvalue weighted by atomic mass is 9.81. The standard InChI is InChI=1S/C28H33F3N2O2/c1-4-5-9-22(16-20-12-14-24(15-13-20)28(29,30)31)25(34)17-23(19(2)3)18-26-32-27(33-35-26)21-10-7-6-8-11-21/h6-8,10-15,19,22-23H,4-5,9,16-18H2,1-3H3. The molecule has 0 amide bonds. The van der Waals surface area contributed by atoms with Crippen LogP contribution in [0.2, 0.25) is 0 Å². The summed E-state index contributed by atoms with van der Waals surface area (Å²) in [7, 11) is 0. The molecule has 35 heavy (non-hydrogen) atoms. The third-order valence-electron chi connectivity index (χ3n) is 6.47. The van der Waals surface area contributed by atoms with Gasteiger partial charge in [-0.2, -0.15) is 18.2 Å². The first-order valence-corrected chi connectivity index (χ1v) is 12.2. The molecule has 0 saturated heterocycles. The topological polar surface area (TPSA) is 56.0 Å². The molecule has 188 valence electrons. The van der Waals surface area contributed by atoms with Crippen molar-refractivity contribution < 1.29 is 22.5 Å². The molecular formula is C28H33F3N2O2. The van der Waals surface area contributed by atoms with Crippen LogP contribution in [0, 0.1) is 17.8 Å². The Labute approximate surface area is 204 Å². The smallest absolute Gasteiger partial charge is 0.339 e. The van der Waals surface area contributed by atoms with E-state index in [2.05, 4.69) is 30.9 Å². The molecule has 0 radical (unpaired) electrons. The van der Waals surface area contributed by atoms with Crippen LogP contribution in [0.15, 0.2) is 59.1 Å². The minimum Gasteiger partial charge on any atom is -0.339 e. The Morgan fingerprint density at radius 1 is 1.00 bits per heavy atom. The summed E-state index contributed by atoms with van der Waals surface area (Å²) in [6.07, 6.45) is -0.474. The van der Waals surface area contributed by atoms with Crippen molar-refractivity contribution in [1.82, 2.24) is 10.1 Å². The number of carbonyl (C=O) groups is 1. The summed E-state index contributed by atoms with van der Waals surface area (Å²) < 4.78 is 44.2. The second-order valence-corrected chi connectivity index (χ2v) is 9.49. The van der Waals surface area contributed by atoms with Crippen molar-refractivity contribution in [3.63, 3.8) is 0 Å². The second-order valence-electron chi connectivity index (χ2n) is 9.49. The zero-order chi connectivity index (χ0) is 25.4. The monoisotopic (exact) mass is 486 g/mol. The van der Waals surface area contributed by atoms with E-state index in [4.69, 9.17) is 4.52 Å². The Morgan fingerprint density at radius 2 is 1.69 bits per heavy atom. The van der Waals surface area contributed by atoms with Crippen molar-refractivity contribution in [2.24, 2.45) is 17.8 Å². The molecule has 3 rings (SSSR count). The summed E-state index contributed by atoms with van der Waals surface area (Å²) in [6.45, 7) is 6.21. The van der Waals surface area contributed by atoms with E-state index in [9.17, 15) is 18.0 Å². The molecule has 1 aromatic heterocycles. The summed E-state index contributed by atoms with van der Waals surface area (Å²) in [5, 5.41) is 4.08. The van der Waals surface area contributed by atoms with E-state index < -0.39 is 11.7 Å². The summed E-state index contributed by atoms with van der Waals surface area (Å²) in [5.41, 5.74) is 0.945. The average Bonchev–Trinajstić information content (AvgIpc) is 3.30. The Kier molecular flexibility index (Phi) is 9.24. The van der Waals surface area contributed by atoms with Crippen LogP contribution in [0.4, 0.5) is 13.2 Å². The maximum absolute atomic E-state index is 13.4. The number of Topliss-reactive ketones (excluding diaryl/α,β-unsaturated/α-hetero) is 1. The van der Waals surface area contributed by atoms with Gasteiger partial charge in [0, 0.05) is 24.3 Å². The lowest BCUT2D eigenvalue weighted by Gasteiger charge is -2.22. The first-order valence-electron chi connectivity index (χ1n) is 12.2. The van der Waals surface area contributed by atoms with Gasteiger partial charge in [-0.05, 0) is 42.4 Å². The number of rotatable bonds is 12. The molecule has 4 nitrogen and oxygen atoms in total. The molecule has 2 atom stereocenters. The number of unbranched alkanes of at least 4 members (excludes halogenated alkanes) is 1. The third-order valence-corrected chi connectivity index (χ3v) is 6.47. The summed E-state index contributed by atoms with van der Waals surface area (Å²) in [6, 6.07) is 14.7. The van der Waals surface area contributed by atoms with Crippen LogP contribution < -0.4 is 0 Å². The average molecular weight is 487 g/mol. The van der Waals surface area contributed by atoms with E-state index in [0.29, 0.717) is 31.0 Å². The molecule has 0 bridgehead atoms. The summed E-state index contributed by atoms with van der Waals surface area (Å²) in [4.78, 5) is 17.9. The van der Waals surface area contributed by atoms with Gasteiger partial charge in [0.1, 0.15) is 5.78 Å². The maximum atomic E-state index is 13.4. The van der Waals surface area contributed by atoms with E-state index in [1.54, 1.807) is 0 Å². The molecule has 7 heteroatoms. The van der Waals surface area contributed by atoms with E-state index in [-0.39, 0.29) is 23.5 Å². The number of halogens is 3. The third kappa shape index (κ3) is 7.77. The molecule has 0 fully saturated rings. The molecular weight excluding hydrogens is 453 g/mol. The van der Waals surface area contributed by atoms with Gasteiger partial charge in [-0.15, -0.1) is 0 Å². The lowest BCUT2D eigenvalue weighted by Crippen LogP contribution is -2.24. The highest BCUT2D eigenvalue weighted by molar-refractivity contribution is 5.81. The molecule has 3 aromatic rings. The zero-order valence-corrected chi connectivity index (χ0v) is 20.5. The fourth-order valence-electron chi connectivity index (χ4n) is 4.18. The number of hydrogen-bond donors (Lipinski definition) is 0. The first kappa shape index (κ1) is 26.6. The number of aromatic nitrogens is 2. The highest BCUT2D eigenvalue weighted by Crippen LogP contribution is 2.30. The van der Waals surface area contributed by atoms with Crippen LogP contribution in [-0.2, 0) is 23.8 Å². The van der Waals surface area contributed by atoms with Crippen molar-refractivity contribution in [3.8, 4) is 11.4 Å². The quantitative estimate of drug-likeness (QED) is 0.265. The highest BCUT2D eigenvalue weighted by Gasteiger charge is 2.30. The fourth-order valence-corrected chi connectivity index (χ4v) is 4.18.